The number of carbonyl (C=O) groups is 3. The number of ketones is 1. The minimum absolute atomic E-state index is 0.0804. The standard InChI is InChI=1S/C27H30N4O6/c1-19(33)29-23(18-37-17-20-5-3-2-4-6-20)27(36)31-11-9-30(10-12-31)24(26(35)15-28)14-21-7-8-25(34)22(13-21)16-32/h2-8,13-14,23,32,34H,9-12,16-18H2,1H3,(H,29,33)/b24-14+/t23-/m0/s1/i17D/t17?,23-. The number of amides is 2. The molecular weight excluding hydrogens is 476 g/mol. The Morgan fingerprint density at radius 2 is 1.84 bits per heavy atom. The summed E-state index contributed by atoms with van der Waals surface area (Å²) in [5, 5.41) is 31.0. The van der Waals surface area contributed by atoms with E-state index in [1.54, 1.807) is 46.2 Å². The maximum Gasteiger partial charge on any atom is 0.278 e. The first-order chi connectivity index (χ1) is 18.2. The Morgan fingerprint density at radius 3 is 2.46 bits per heavy atom. The van der Waals surface area contributed by atoms with Crippen molar-refractivity contribution >= 4 is 23.7 Å². The number of nitriles is 1. The zero-order chi connectivity index (χ0) is 27.7. The fraction of sp³-hybridized carbons (Fsp3) is 0.333. The zero-order valence-electron chi connectivity index (χ0n) is 21.5. The molecule has 2 aromatic rings. The topological polar surface area (TPSA) is 143 Å². The van der Waals surface area contributed by atoms with Crippen LogP contribution in [0.5, 0.6) is 5.75 Å². The molecule has 37 heavy (non-hydrogen) atoms. The first-order valence-corrected chi connectivity index (χ1v) is 11.7. The molecule has 1 saturated heterocycles. The van der Waals surface area contributed by atoms with Gasteiger partial charge in [0.05, 0.1) is 26.9 Å². The lowest BCUT2D eigenvalue weighted by Gasteiger charge is -2.37. The molecule has 0 radical (unpaired) electrons. The predicted molar refractivity (Wildman–Crippen MR) is 134 cm³/mol. The summed E-state index contributed by atoms with van der Waals surface area (Å²) < 4.78 is 13.7. The molecule has 0 aromatic heterocycles. The second-order valence-corrected chi connectivity index (χ2v) is 8.44. The van der Waals surface area contributed by atoms with E-state index in [9.17, 15) is 29.9 Å². The number of piperazine rings is 1. The number of carbonyl (C=O) groups excluding carboxylic acids is 3. The maximum absolute atomic E-state index is 13.2. The van der Waals surface area contributed by atoms with E-state index >= 15 is 0 Å². The van der Waals surface area contributed by atoms with Crippen LogP contribution in [0.3, 0.4) is 0 Å². The van der Waals surface area contributed by atoms with E-state index in [1.807, 2.05) is 6.07 Å². The summed E-state index contributed by atoms with van der Waals surface area (Å²) in [6, 6.07) is 14.0. The van der Waals surface area contributed by atoms with Gasteiger partial charge < -0.3 is 30.1 Å². The molecule has 10 heteroatoms. The number of ether oxygens (including phenoxy) is 1. The highest BCUT2D eigenvalue weighted by atomic mass is 16.5. The Balaban J connectivity index is 1.68. The quantitative estimate of drug-likeness (QED) is 0.321. The molecule has 3 N–H and O–H groups in total. The molecule has 0 saturated carbocycles. The average Bonchev–Trinajstić information content (AvgIpc) is 2.94. The second-order valence-electron chi connectivity index (χ2n) is 8.44. The van der Waals surface area contributed by atoms with E-state index in [0.717, 1.165) is 0 Å². The van der Waals surface area contributed by atoms with Gasteiger partial charge in [0.25, 0.3) is 5.78 Å². The third-order valence-electron chi connectivity index (χ3n) is 5.80. The van der Waals surface area contributed by atoms with E-state index < -0.39 is 24.3 Å². The Hall–Kier alpha value is -4.20. The van der Waals surface area contributed by atoms with Gasteiger partial charge in [-0.05, 0) is 29.3 Å². The normalized spacial score (nSPS) is 15.8. The van der Waals surface area contributed by atoms with Crippen LogP contribution in [0.25, 0.3) is 6.08 Å². The lowest BCUT2D eigenvalue weighted by molar-refractivity contribution is -0.139. The summed E-state index contributed by atoms with van der Waals surface area (Å²) in [6.45, 7) is 0.673. The maximum atomic E-state index is 13.2. The summed E-state index contributed by atoms with van der Waals surface area (Å²) in [7, 11) is 0. The highest BCUT2D eigenvalue weighted by molar-refractivity contribution is 6.09. The fourth-order valence-corrected chi connectivity index (χ4v) is 3.92. The number of Topliss-reactive ketones (excluding diaryl/α,β-unsaturated/α-hetero) is 1. The third kappa shape index (κ3) is 7.64. The van der Waals surface area contributed by atoms with Crippen LogP contribution in [0.1, 0.15) is 25.0 Å². The molecule has 194 valence electrons. The number of rotatable bonds is 10. The number of hydrogen-bond acceptors (Lipinski definition) is 8. The highest BCUT2D eigenvalue weighted by Gasteiger charge is 2.30. The summed E-state index contributed by atoms with van der Waals surface area (Å²) in [4.78, 5) is 40.6. The Kier molecular flexibility index (Phi) is 9.23. The van der Waals surface area contributed by atoms with Crippen LogP contribution in [0.15, 0.2) is 54.2 Å². The molecule has 1 aliphatic heterocycles. The van der Waals surface area contributed by atoms with Crippen molar-refractivity contribution < 1.29 is 30.7 Å². The summed E-state index contributed by atoms with van der Waals surface area (Å²) >= 11 is 0. The lowest BCUT2D eigenvalue weighted by atomic mass is 10.1. The molecule has 0 bridgehead atoms. The summed E-state index contributed by atoms with van der Waals surface area (Å²) in [6.07, 6.45) is 1.51. The zero-order valence-corrected chi connectivity index (χ0v) is 20.5. The summed E-state index contributed by atoms with van der Waals surface area (Å²) in [5.74, 6) is -1.62. The number of hydrogen-bond donors (Lipinski definition) is 3. The van der Waals surface area contributed by atoms with E-state index in [-0.39, 0.29) is 62.3 Å². The van der Waals surface area contributed by atoms with Crippen molar-refractivity contribution in [3.63, 3.8) is 0 Å². The minimum Gasteiger partial charge on any atom is -0.508 e. The number of benzene rings is 2. The van der Waals surface area contributed by atoms with Gasteiger partial charge in [0, 0.05) is 38.7 Å². The van der Waals surface area contributed by atoms with E-state index in [4.69, 9.17) is 6.11 Å². The van der Waals surface area contributed by atoms with Gasteiger partial charge in [-0.1, -0.05) is 36.4 Å². The van der Waals surface area contributed by atoms with Crippen LogP contribution < -0.4 is 5.32 Å². The van der Waals surface area contributed by atoms with Crippen molar-refractivity contribution in [2.24, 2.45) is 0 Å². The Morgan fingerprint density at radius 1 is 1.16 bits per heavy atom. The van der Waals surface area contributed by atoms with Crippen molar-refractivity contribution in [3.05, 3.63) is 70.9 Å². The van der Waals surface area contributed by atoms with Crippen LogP contribution in [0.4, 0.5) is 0 Å². The van der Waals surface area contributed by atoms with Crippen LogP contribution in [-0.2, 0) is 32.3 Å². The van der Waals surface area contributed by atoms with Gasteiger partial charge in [-0.3, -0.25) is 14.4 Å². The molecule has 2 amide bonds. The van der Waals surface area contributed by atoms with Crippen molar-refractivity contribution in [1.82, 2.24) is 15.1 Å². The number of allylic oxidation sites excluding steroid dienone is 1. The summed E-state index contributed by atoms with van der Waals surface area (Å²) in [5.41, 5.74) is 1.56. The van der Waals surface area contributed by atoms with E-state index in [1.165, 1.54) is 25.1 Å². The molecule has 1 fully saturated rings. The molecule has 0 aliphatic carbocycles. The van der Waals surface area contributed by atoms with Gasteiger partial charge in [0.15, 0.2) is 0 Å². The number of nitrogens with zero attached hydrogens (tertiary/aromatic N) is 3. The number of phenols is 1. The molecule has 1 aliphatic rings. The predicted octanol–water partition coefficient (Wildman–Crippen LogP) is 1.18. The van der Waals surface area contributed by atoms with Gasteiger partial charge >= 0.3 is 0 Å². The van der Waals surface area contributed by atoms with Gasteiger partial charge in [-0.15, -0.1) is 0 Å². The molecular formula is C27H30N4O6. The van der Waals surface area contributed by atoms with Crippen LogP contribution in [0.2, 0.25) is 0 Å². The smallest absolute Gasteiger partial charge is 0.278 e. The number of aromatic hydroxyl groups is 1. The third-order valence-corrected chi connectivity index (χ3v) is 5.80. The van der Waals surface area contributed by atoms with E-state index in [2.05, 4.69) is 5.32 Å². The SMILES string of the molecule is [2H]C(OC[C@H](NC(C)=O)C(=O)N1CCN(/C(=C/c2ccc(O)c(CO)c2)C(=O)C#N)CC1)c1ccccc1. The van der Waals surface area contributed by atoms with Crippen LogP contribution in [-0.4, -0.2) is 76.4 Å². The van der Waals surface area contributed by atoms with Gasteiger partial charge in [-0.2, -0.15) is 5.26 Å². The Labute approximate surface area is 216 Å². The first-order valence-electron chi connectivity index (χ1n) is 12.3. The van der Waals surface area contributed by atoms with Crippen molar-refractivity contribution in [2.45, 2.75) is 26.2 Å². The Bertz CT molecular complexity index is 1220. The monoisotopic (exact) mass is 507 g/mol. The molecule has 10 nitrogen and oxygen atoms in total. The van der Waals surface area contributed by atoms with Crippen LogP contribution >= 0.6 is 0 Å². The van der Waals surface area contributed by atoms with Crippen LogP contribution in [0, 0.1) is 11.3 Å². The number of aliphatic hydroxyl groups excluding tert-OH is 1. The highest BCUT2D eigenvalue weighted by Crippen LogP contribution is 2.22. The van der Waals surface area contributed by atoms with Crippen molar-refractivity contribution in [1.29, 1.82) is 5.26 Å². The average molecular weight is 508 g/mol. The molecule has 3 rings (SSSR count). The molecule has 0 spiro atoms. The molecule has 1 unspecified atom stereocenters. The van der Waals surface area contributed by atoms with Gasteiger partial charge in [-0.25, -0.2) is 0 Å². The molecule has 2 aromatic carbocycles. The lowest BCUT2D eigenvalue weighted by Crippen LogP contribution is -2.56. The second kappa shape index (κ2) is 13.2. The minimum atomic E-state index is -1.02. The van der Waals surface area contributed by atoms with Gasteiger partial charge in [0.2, 0.25) is 11.8 Å². The van der Waals surface area contributed by atoms with E-state index in [0.29, 0.717) is 11.1 Å². The van der Waals surface area contributed by atoms with Crippen molar-refractivity contribution in [3.8, 4) is 11.8 Å². The van der Waals surface area contributed by atoms with Crippen molar-refractivity contribution in [2.75, 3.05) is 32.8 Å². The first kappa shape index (κ1) is 25.9. The number of aliphatic hydroxyl groups is 1. The molecule has 2 atom stereocenters. The fourth-order valence-electron chi connectivity index (χ4n) is 3.92. The molecule has 1 heterocycles. The largest absolute Gasteiger partial charge is 0.508 e. The van der Waals surface area contributed by atoms with Gasteiger partial charge in [0.1, 0.15) is 17.9 Å². The number of nitrogens with one attached hydrogen (secondary N) is 1.